The Kier molecular flexibility index (Phi) is 3.28. The largest absolute Gasteiger partial charge is 0.393 e. The first-order chi connectivity index (χ1) is 9.15. The van der Waals surface area contributed by atoms with Gasteiger partial charge in [0.1, 0.15) is 17.3 Å². The minimum atomic E-state index is -0.161. The second-order valence-electron chi connectivity index (χ2n) is 5.00. The van der Waals surface area contributed by atoms with Gasteiger partial charge >= 0.3 is 0 Å². The Morgan fingerprint density at radius 2 is 2.11 bits per heavy atom. The lowest BCUT2D eigenvalue weighted by molar-refractivity contribution is 0.126. The molecule has 0 radical (unpaired) electrons. The lowest BCUT2D eigenvalue weighted by Crippen LogP contribution is -2.29. The fraction of sp³-hybridized carbons (Fsp3) is 0.583. The number of hydrogen-bond donors (Lipinski definition) is 2. The van der Waals surface area contributed by atoms with E-state index in [0.717, 1.165) is 37.1 Å². The number of nitrogens with zero attached hydrogens (tertiary/aromatic N) is 4. The number of halogens is 1. The SMILES string of the molecule is Cc1c(Cl)nc2ncnn2c1NC1CCC(O)CC1. The summed E-state index contributed by atoms with van der Waals surface area (Å²) in [6.07, 6.45) is 4.85. The summed E-state index contributed by atoms with van der Waals surface area (Å²) < 4.78 is 1.67. The molecule has 0 bridgehead atoms. The molecule has 1 aliphatic rings. The first kappa shape index (κ1) is 12.6. The maximum Gasteiger partial charge on any atom is 0.255 e. The van der Waals surface area contributed by atoms with Crippen LogP contribution in [0, 0.1) is 6.92 Å². The summed E-state index contributed by atoms with van der Waals surface area (Å²) in [5.74, 6) is 1.34. The highest BCUT2D eigenvalue weighted by molar-refractivity contribution is 6.30. The molecule has 0 atom stereocenters. The number of fused-ring (bicyclic) bond motifs is 1. The van der Waals surface area contributed by atoms with E-state index >= 15 is 0 Å². The van der Waals surface area contributed by atoms with Crippen LogP contribution in [-0.2, 0) is 0 Å². The van der Waals surface area contributed by atoms with Crippen molar-refractivity contribution in [1.82, 2.24) is 19.6 Å². The molecule has 0 amide bonds. The lowest BCUT2D eigenvalue weighted by Gasteiger charge is -2.27. The summed E-state index contributed by atoms with van der Waals surface area (Å²) in [5.41, 5.74) is 0.866. The Morgan fingerprint density at radius 3 is 2.84 bits per heavy atom. The normalized spacial score (nSPS) is 23.7. The minimum absolute atomic E-state index is 0.161. The van der Waals surface area contributed by atoms with Gasteiger partial charge in [-0.25, -0.2) is 0 Å². The van der Waals surface area contributed by atoms with Crippen LogP contribution in [0.15, 0.2) is 6.33 Å². The number of aliphatic hydroxyl groups excluding tert-OH is 1. The molecule has 1 fully saturated rings. The minimum Gasteiger partial charge on any atom is -0.393 e. The Balaban J connectivity index is 1.91. The number of rotatable bonds is 2. The first-order valence-corrected chi connectivity index (χ1v) is 6.83. The van der Waals surface area contributed by atoms with E-state index in [0.29, 0.717) is 17.0 Å². The van der Waals surface area contributed by atoms with Crippen molar-refractivity contribution in [3.63, 3.8) is 0 Å². The van der Waals surface area contributed by atoms with E-state index in [9.17, 15) is 5.11 Å². The van der Waals surface area contributed by atoms with Crippen LogP contribution in [0.4, 0.5) is 5.82 Å². The molecule has 19 heavy (non-hydrogen) atoms. The number of aromatic nitrogens is 4. The predicted molar refractivity (Wildman–Crippen MR) is 72.4 cm³/mol. The van der Waals surface area contributed by atoms with Crippen LogP contribution in [0.3, 0.4) is 0 Å². The van der Waals surface area contributed by atoms with Gasteiger partial charge in [0.2, 0.25) is 0 Å². The van der Waals surface area contributed by atoms with Crippen molar-refractivity contribution in [1.29, 1.82) is 0 Å². The maximum atomic E-state index is 9.54. The van der Waals surface area contributed by atoms with E-state index in [1.807, 2.05) is 6.92 Å². The second kappa shape index (κ2) is 4.94. The molecule has 1 aliphatic carbocycles. The van der Waals surface area contributed by atoms with Crippen molar-refractivity contribution in [3.05, 3.63) is 17.0 Å². The van der Waals surface area contributed by atoms with Crippen LogP contribution in [-0.4, -0.2) is 36.8 Å². The van der Waals surface area contributed by atoms with Gasteiger partial charge < -0.3 is 10.4 Å². The Hall–Kier alpha value is -1.40. The number of hydrogen-bond acceptors (Lipinski definition) is 5. The Bertz CT molecular complexity index is 591. The van der Waals surface area contributed by atoms with Crippen molar-refractivity contribution in [2.45, 2.75) is 44.8 Å². The van der Waals surface area contributed by atoms with Crippen LogP contribution in [0.5, 0.6) is 0 Å². The van der Waals surface area contributed by atoms with Gasteiger partial charge in [-0.3, -0.25) is 0 Å². The van der Waals surface area contributed by atoms with Gasteiger partial charge in [-0.2, -0.15) is 19.6 Å². The van der Waals surface area contributed by atoms with Crippen LogP contribution in [0.1, 0.15) is 31.2 Å². The molecule has 1 saturated carbocycles. The first-order valence-electron chi connectivity index (χ1n) is 6.45. The number of anilines is 1. The van der Waals surface area contributed by atoms with Crippen LogP contribution >= 0.6 is 11.6 Å². The van der Waals surface area contributed by atoms with Crippen LogP contribution < -0.4 is 5.32 Å². The molecule has 0 aliphatic heterocycles. The third-order valence-electron chi connectivity index (χ3n) is 3.64. The average molecular weight is 282 g/mol. The monoisotopic (exact) mass is 281 g/mol. The summed E-state index contributed by atoms with van der Waals surface area (Å²) in [6.45, 7) is 1.91. The molecule has 2 N–H and O–H groups in total. The van der Waals surface area contributed by atoms with Crippen LogP contribution in [0.2, 0.25) is 5.15 Å². The fourth-order valence-corrected chi connectivity index (χ4v) is 2.65. The highest BCUT2D eigenvalue weighted by Gasteiger charge is 2.21. The average Bonchev–Trinajstić information content (AvgIpc) is 2.85. The van der Waals surface area contributed by atoms with Crippen molar-refractivity contribution in [2.75, 3.05) is 5.32 Å². The molecule has 7 heteroatoms. The van der Waals surface area contributed by atoms with Crippen molar-refractivity contribution < 1.29 is 5.11 Å². The fourth-order valence-electron chi connectivity index (χ4n) is 2.48. The van der Waals surface area contributed by atoms with E-state index in [-0.39, 0.29) is 6.10 Å². The van der Waals surface area contributed by atoms with Gasteiger partial charge in [-0.05, 0) is 32.6 Å². The molecule has 3 rings (SSSR count). The zero-order valence-corrected chi connectivity index (χ0v) is 11.4. The summed E-state index contributed by atoms with van der Waals surface area (Å²) in [6, 6.07) is 0.327. The van der Waals surface area contributed by atoms with Crippen molar-refractivity contribution in [2.24, 2.45) is 0 Å². The zero-order valence-electron chi connectivity index (χ0n) is 10.7. The zero-order chi connectivity index (χ0) is 13.4. The molecule has 0 spiro atoms. The molecular weight excluding hydrogens is 266 g/mol. The van der Waals surface area contributed by atoms with Gasteiger partial charge in [0.15, 0.2) is 0 Å². The van der Waals surface area contributed by atoms with Gasteiger partial charge in [0.05, 0.1) is 6.10 Å². The smallest absolute Gasteiger partial charge is 0.255 e. The molecule has 2 aromatic heterocycles. The molecule has 0 unspecified atom stereocenters. The van der Waals surface area contributed by atoms with E-state index in [2.05, 4.69) is 20.4 Å². The van der Waals surface area contributed by atoms with E-state index in [1.165, 1.54) is 6.33 Å². The summed E-state index contributed by atoms with van der Waals surface area (Å²) in [5, 5.41) is 17.6. The van der Waals surface area contributed by atoms with E-state index in [1.54, 1.807) is 4.52 Å². The molecule has 6 nitrogen and oxygen atoms in total. The predicted octanol–water partition coefficient (Wildman–Crippen LogP) is 1.80. The Morgan fingerprint density at radius 1 is 1.37 bits per heavy atom. The Labute approximate surface area is 115 Å². The van der Waals surface area contributed by atoms with Gasteiger partial charge in [-0.15, -0.1) is 0 Å². The standard InChI is InChI=1S/C12H16ClN5O/c1-7-10(13)17-12-14-6-15-18(12)11(7)16-8-2-4-9(19)5-3-8/h6,8-9,16,19H,2-5H2,1H3. The van der Waals surface area contributed by atoms with Gasteiger partial charge in [-0.1, -0.05) is 11.6 Å². The maximum absolute atomic E-state index is 9.54. The third kappa shape index (κ3) is 2.37. The number of nitrogens with one attached hydrogen (secondary N) is 1. The molecule has 102 valence electrons. The quantitative estimate of drug-likeness (QED) is 0.821. The molecule has 0 saturated heterocycles. The summed E-state index contributed by atoms with van der Waals surface area (Å²) in [4.78, 5) is 8.24. The van der Waals surface area contributed by atoms with E-state index < -0.39 is 0 Å². The van der Waals surface area contributed by atoms with Crippen molar-refractivity contribution in [3.8, 4) is 0 Å². The molecule has 2 aromatic rings. The lowest BCUT2D eigenvalue weighted by atomic mass is 9.93. The summed E-state index contributed by atoms with van der Waals surface area (Å²) in [7, 11) is 0. The highest BCUT2D eigenvalue weighted by Crippen LogP contribution is 2.26. The summed E-state index contributed by atoms with van der Waals surface area (Å²) >= 11 is 6.12. The van der Waals surface area contributed by atoms with E-state index in [4.69, 9.17) is 11.6 Å². The van der Waals surface area contributed by atoms with Crippen LogP contribution in [0.25, 0.3) is 5.78 Å². The second-order valence-corrected chi connectivity index (χ2v) is 5.36. The highest BCUT2D eigenvalue weighted by atomic mass is 35.5. The molecule has 0 aromatic carbocycles. The topological polar surface area (TPSA) is 75.3 Å². The molecular formula is C12H16ClN5O. The molecule has 2 heterocycles. The third-order valence-corrected chi connectivity index (χ3v) is 4.01. The number of aliphatic hydroxyl groups is 1. The van der Waals surface area contributed by atoms with Crippen molar-refractivity contribution >= 4 is 23.2 Å². The van der Waals surface area contributed by atoms with Gasteiger partial charge in [0, 0.05) is 11.6 Å². The van der Waals surface area contributed by atoms with Gasteiger partial charge in [0.25, 0.3) is 5.78 Å².